The third-order valence-electron chi connectivity index (χ3n) is 3.03. The number of methoxy groups -OCH3 is 2. The molecular formula is C14H19N3O3S. The van der Waals surface area contributed by atoms with Crippen LogP contribution in [0.1, 0.15) is 11.4 Å². The van der Waals surface area contributed by atoms with Crippen LogP contribution in [0.2, 0.25) is 0 Å². The molecule has 0 radical (unpaired) electrons. The number of aromatic nitrogens is 2. The summed E-state index contributed by atoms with van der Waals surface area (Å²) in [7, 11) is 3.29. The van der Waals surface area contributed by atoms with Crippen molar-refractivity contribution in [1.29, 1.82) is 0 Å². The first-order valence-electron chi connectivity index (χ1n) is 6.53. The molecule has 7 heteroatoms. The molecule has 0 aliphatic rings. The van der Waals surface area contributed by atoms with Crippen molar-refractivity contribution in [1.82, 2.24) is 15.5 Å². The fraction of sp³-hybridized carbons (Fsp3) is 0.429. The lowest BCUT2D eigenvalue weighted by atomic mass is 10.2. The van der Waals surface area contributed by atoms with Crippen LogP contribution in [-0.4, -0.2) is 37.2 Å². The fourth-order valence-electron chi connectivity index (χ4n) is 1.96. The van der Waals surface area contributed by atoms with E-state index in [1.807, 2.05) is 18.4 Å². The van der Waals surface area contributed by atoms with Crippen LogP contribution in [0, 0.1) is 0 Å². The van der Waals surface area contributed by atoms with Crippen molar-refractivity contribution in [2.45, 2.75) is 17.9 Å². The Morgan fingerprint density at radius 1 is 1.24 bits per heavy atom. The number of ether oxygens (including phenoxy) is 2. The van der Waals surface area contributed by atoms with Gasteiger partial charge in [-0.3, -0.25) is 0 Å². The Morgan fingerprint density at radius 3 is 2.62 bits per heavy atom. The molecule has 1 heterocycles. The molecule has 2 rings (SSSR count). The van der Waals surface area contributed by atoms with Gasteiger partial charge in [-0.1, -0.05) is 5.16 Å². The van der Waals surface area contributed by atoms with Crippen LogP contribution in [0.15, 0.2) is 27.9 Å². The molecule has 0 saturated heterocycles. The molecular weight excluding hydrogens is 290 g/mol. The summed E-state index contributed by atoms with van der Waals surface area (Å²) < 4.78 is 15.4. The first-order chi connectivity index (χ1) is 10.3. The number of hydrogen-bond donors (Lipinski definition) is 1. The number of rotatable bonds is 8. The van der Waals surface area contributed by atoms with Crippen LogP contribution in [0.25, 0.3) is 0 Å². The lowest BCUT2D eigenvalue weighted by Gasteiger charge is -2.14. The van der Waals surface area contributed by atoms with Gasteiger partial charge in [0.25, 0.3) is 0 Å². The van der Waals surface area contributed by atoms with Gasteiger partial charge in [0.1, 0.15) is 0 Å². The van der Waals surface area contributed by atoms with Gasteiger partial charge in [-0.2, -0.15) is 4.98 Å². The van der Waals surface area contributed by atoms with Crippen LogP contribution in [0.4, 0.5) is 0 Å². The van der Waals surface area contributed by atoms with Crippen LogP contribution in [0.5, 0.6) is 11.5 Å². The molecule has 21 heavy (non-hydrogen) atoms. The smallest absolute Gasteiger partial charge is 0.213 e. The molecule has 0 atom stereocenters. The van der Waals surface area contributed by atoms with Crippen molar-refractivity contribution < 1.29 is 14.0 Å². The number of hydrogen-bond acceptors (Lipinski definition) is 7. The SMILES string of the molecule is COc1cc(CNCCc2ncon2)c(SC)cc1OC. The van der Waals surface area contributed by atoms with Gasteiger partial charge in [0.15, 0.2) is 17.3 Å². The minimum atomic E-state index is 0.708. The molecule has 0 bridgehead atoms. The Kier molecular flexibility index (Phi) is 5.89. The molecule has 114 valence electrons. The van der Waals surface area contributed by atoms with Crippen molar-refractivity contribution in [3.05, 3.63) is 29.9 Å². The van der Waals surface area contributed by atoms with Crippen molar-refractivity contribution >= 4 is 11.8 Å². The Morgan fingerprint density at radius 2 is 2.00 bits per heavy atom. The van der Waals surface area contributed by atoms with E-state index in [1.54, 1.807) is 26.0 Å². The molecule has 0 aliphatic carbocycles. The van der Waals surface area contributed by atoms with E-state index in [-0.39, 0.29) is 0 Å². The molecule has 0 saturated carbocycles. The zero-order chi connectivity index (χ0) is 15.1. The molecule has 0 spiro atoms. The second kappa shape index (κ2) is 7.90. The van der Waals surface area contributed by atoms with Gasteiger partial charge >= 0.3 is 0 Å². The molecule has 6 nitrogen and oxygen atoms in total. The van der Waals surface area contributed by atoms with Gasteiger partial charge in [0.2, 0.25) is 6.39 Å². The first-order valence-corrected chi connectivity index (χ1v) is 7.75. The van der Waals surface area contributed by atoms with E-state index in [1.165, 1.54) is 16.9 Å². The van der Waals surface area contributed by atoms with Crippen LogP contribution < -0.4 is 14.8 Å². The number of thioether (sulfide) groups is 1. The summed E-state index contributed by atoms with van der Waals surface area (Å²) in [6.07, 6.45) is 4.12. The summed E-state index contributed by atoms with van der Waals surface area (Å²) in [5, 5.41) is 7.15. The monoisotopic (exact) mass is 309 g/mol. The highest BCUT2D eigenvalue weighted by Crippen LogP contribution is 2.34. The average Bonchev–Trinajstić information content (AvgIpc) is 3.04. The van der Waals surface area contributed by atoms with E-state index in [9.17, 15) is 0 Å². The lowest BCUT2D eigenvalue weighted by molar-refractivity contribution is 0.353. The zero-order valence-corrected chi connectivity index (χ0v) is 13.2. The van der Waals surface area contributed by atoms with E-state index in [0.29, 0.717) is 5.82 Å². The van der Waals surface area contributed by atoms with E-state index in [4.69, 9.17) is 14.0 Å². The van der Waals surface area contributed by atoms with Crippen molar-refractivity contribution in [2.24, 2.45) is 0 Å². The van der Waals surface area contributed by atoms with Crippen molar-refractivity contribution in [3.8, 4) is 11.5 Å². The van der Waals surface area contributed by atoms with Gasteiger partial charge in [-0.15, -0.1) is 11.8 Å². The Labute approximate surface area is 128 Å². The highest BCUT2D eigenvalue weighted by Gasteiger charge is 2.10. The van der Waals surface area contributed by atoms with Crippen LogP contribution in [0.3, 0.4) is 0 Å². The second-order valence-electron chi connectivity index (χ2n) is 4.29. The summed E-state index contributed by atoms with van der Waals surface area (Å²) in [6.45, 7) is 1.52. The van der Waals surface area contributed by atoms with Crippen LogP contribution in [-0.2, 0) is 13.0 Å². The topological polar surface area (TPSA) is 69.4 Å². The first kappa shape index (κ1) is 15.7. The number of benzene rings is 1. The third kappa shape index (κ3) is 4.12. The van der Waals surface area contributed by atoms with Gasteiger partial charge in [-0.05, 0) is 24.0 Å². The van der Waals surface area contributed by atoms with Gasteiger partial charge < -0.3 is 19.3 Å². The van der Waals surface area contributed by atoms with Gasteiger partial charge in [0, 0.05) is 24.4 Å². The van der Waals surface area contributed by atoms with E-state index in [0.717, 1.165) is 31.0 Å². The summed E-state index contributed by atoms with van der Waals surface area (Å²) in [4.78, 5) is 5.15. The predicted octanol–water partition coefficient (Wildman–Crippen LogP) is 2.14. The lowest BCUT2D eigenvalue weighted by Crippen LogP contribution is -2.17. The largest absolute Gasteiger partial charge is 0.493 e. The number of nitrogens with one attached hydrogen (secondary N) is 1. The van der Waals surface area contributed by atoms with Crippen molar-refractivity contribution in [3.63, 3.8) is 0 Å². The molecule has 1 N–H and O–H groups in total. The van der Waals surface area contributed by atoms with E-state index >= 15 is 0 Å². The maximum absolute atomic E-state index is 5.35. The predicted molar refractivity (Wildman–Crippen MR) is 81.0 cm³/mol. The summed E-state index contributed by atoms with van der Waals surface area (Å²) in [5.74, 6) is 2.20. The molecule has 1 aromatic heterocycles. The minimum absolute atomic E-state index is 0.708. The Bertz CT molecular complexity index is 561. The molecule has 0 amide bonds. The van der Waals surface area contributed by atoms with E-state index < -0.39 is 0 Å². The maximum Gasteiger partial charge on any atom is 0.213 e. The van der Waals surface area contributed by atoms with Crippen LogP contribution >= 0.6 is 11.8 Å². The molecule has 0 fully saturated rings. The summed E-state index contributed by atoms with van der Waals surface area (Å²) in [5.41, 5.74) is 1.17. The molecule has 0 unspecified atom stereocenters. The normalized spacial score (nSPS) is 10.6. The standard InChI is InChI=1S/C14H19N3O3S/c1-18-11-6-10(13(21-3)7-12(11)19-2)8-15-5-4-14-16-9-20-17-14/h6-7,9,15H,4-5,8H2,1-3H3. The molecule has 1 aromatic carbocycles. The summed E-state index contributed by atoms with van der Waals surface area (Å²) in [6, 6.07) is 4.01. The minimum Gasteiger partial charge on any atom is -0.493 e. The average molecular weight is 309 g/mol. The third-order valence-corrected chi connectivity index (χ3v) is 3.85. The number of nitrogens with zero attached hydrogens (tertiary/aromatic N) is 2. The quantitative estimate of drug-likeness (QED) is 0.592. The second-order valence-corrected chi connectivity index (χ2v) is 5.14. The zero-order valence-electron chi connectivity index (χ0n) is 12.4. The van der Waals surface area contributed by atoms with Gasteiger partial charge in [-0.25, -0.2) is 0 Å². The Balaban J connectivity index is 1.97. The Hall–Kier alpha value is -1.73. The maximum atomic E-state index is 5.35. The highest BCUT2D eigenvalue weighted by molar-refractivity contribution is 7.98. The van der Waals surface area contributed by atoms with Gasteiger partial charge in [0.05, 0.1) is 14.2 Å². The van der Waals surface area contributed by atoms with Crippen molar-refractivity contribution in [2.75, 3.05) is 27.0 Å². The highest BCUT2D eigenvalue weighted by atomic mass is 32.2. The summed E-state index contributed by atoms with van der Waals surface area (Å²) >= 11 is 1.68. The molecule has 0 aliphatic heterocycles. The fourth-order valence-corrected chi connectivity index (χ4v) is 2.57. The van der Waals surface area contributed by atoms with E-state index in [2.05, 4.69) is 15.5 Å². The molecule has 2 aromatic rings.